The molecule has 150 valence electrons. The first-order valence-corrected chi connectivity index (χ1v) is 9.81. The first kappa shape index (κ1) is 19.0. The van der Waals surface area contributed by atoms with Crippen LogP contribution in [0.4, 0.5) is 5.95 Å². The van der Waals surface area contributed by atoms with E-state index in [0.29, 0.717) is 23.6 Å². The van der Waals surface area contributed by atoms with Gasteiger partial charge in [-0.1, -0.05) is 11.6 Å². The van der Waals surface area contributed by atoms with Crippen LogP contribution >= 0.6 is 0 Å². The molecule has 8 heteroatoms. The molecule has 1 atom stereocenters. The number of piperidine rings is 1. The SMILES string of the molecule is Cc1ccc2c(c1)C(=O)N(CCC(=O)NC1CCCN(c3ncccn3)C1)C2=O. The molecule has 1 unspecified atom stereocenters. The molecule has 8 nitrogen and oxygen atoms in total. The second-order valence-electron chi connectivity index (χ2n) is 7.46. The Kier molecular flexibility index (Phi) is 5.24. The molecule has 0 saturated carbocycles. The third kappa shape index (κ3) is 3.96. The Morgan fingerprint density at radius 3 is 2.72 bits per heavy atom. The van der Waals surface area contributed by atoms with Crippen molar-refractivity contribution in [2.75, 3.05) is 24.5 Å². The van der Waals surface area contributed by atoms with E-state index in [1.807, 2.05) is 13.0 Å². The van der Waals surface area contributed by atoms with Gasteiger partial charge in [-0.25, -0.2) is 9.97 Å². The van der Waals surface area contributed by atoms with Crippen LogP contribution in [0.3, 0.4) is 0 Å². The van der Waals surface area contributed by atoms with Crippen LogP contribution < -0.4 is 10.2 Å². The van der Waals surface area contributed by atoms with E-state index in [4.69, 9.17) is 0 Å². The summed E-state index contributed by atoms with van der Waals surface area (Å²) in [6.45, 7) is 3.45. The van der Waals surface area contributed by atoms with E-state index in [-0.39, 0.29) is 36.7 Å². The van der Waals surface area contributed by atoms with Gasteiger partial charge in [0, 0.05) is 44.5 Å². The van der Waals surface area contributed by atoms with Gasteiger partial charge in [-0.3, -0.25) is 19.3 Å². The van der Waals surface area contributed by atoms with E-state index in [9.17, 15) is 14.4 Å². The highest BCUT2D eigenvalue weighted by atomic mass is 16.2. The molecule has 2 aliphatic rings. The number of nitrogens with zero attached hydrogens (tertiary/aromatic N) is 4. The molecule has 29 heavy (non-hydrogen) atoms. The number of imide groups is 1. The average molecular weight is 393 g/mol. The van der Waals surface area contributed by atoms with Gasteiger partial charge in [0.2, 0.25) is 11.9 Å². The number of nitrogens with one attached hydrogen (secondary N) is 1. The monoisotopic (exact) mass is 393 g/mol. The van der Waals surface area contributed by atoms with Crippen molar-refractivity contribution in [2.24, 2.45) is 0 Å². The van der Waals surface area contributed by atoms with Crippen LogP contribution in [-0.2, 0) is 4.79 Å². The van der Waals surface area contributed by atoms with Gasteiger partial charge in [-0.05, 0) is 38.0 Å². The molecule has 0 aliphatic carbocycles. The van der Waals surface area contributed by atoms with E-state index < -0.39 is 0 Å². The van der Waals surface area contributed by atoms with Crippen molar-refractivity contribution < 1.29 is 14.4 Å². The number of anilines is 1. The van der Waals surface area contributed by atoms with Crippen LogP contribution in [0.2, 0.25) is 0 Å². The van der Waals surface area contributed by atoms with Crippen molar-refractivity contribution in [1.82, 2.24) is 20.2 Å². The molecule has 2 aliphatic heterocycles. The number of carbonyl (C=O) groups excluding carboxylic acids is 3. The van der Waals surface area contributed by atoms with Crippen molar-refractivity contribution in [3.8, 4) is 0 Å². The third-order valence-corrected chi connectivity index (χ3v) is 5.31. The molecule has 4 rings (SSSR count). The zero-order valence-electron chi connectivity index (χ0n) is 16.3. The third-order valence-electron chi connectivity index (χ3n) is 5.31. The van der Waals surface area contributed by atoms with Crippen LogP contribution in [0.15, 0.2) is 36.7 Å². The molecule has 1 aromatic heterocycles. The number of carbonyl (C=O) groups is 3. The lowest BCUT2D eigenvalue weighted by atomic mass is 10.1. The Labute approximate surface area is 168 Å². The Morgan fingerprint density at radius 1 is 1.17 bits per heavy atom. The molecule has 0 spiro atoms. The number of hydrogen-bond acceptors (Lipinski definition) is 6. The highest BCUT2D eigenvalue weighted by Crippen LogP contribution is 2.24. The highest BCUT2D eigenvalue weighted by molar-refractivity contribution is 6.21. The fraction of sp³-hybridized carbons (Fsp3) is 0.381. The number of benzene rings is 1. The second kappa shape index (κ2) is 7.98. The molecule has 1 N–H and O–H groups in total. The maximum atomic E-state index is 12.5. The van der Waals surface area contributed by atoms with E-state index in [2.05, 4.69) is 20.2 Å². The minimum absolute atomic E-state index is 0.00937. The topological polar surface area (TPSA) is 95.5 Å². The predicted octanol–water partition coefficient (Wildman–Crippen LogP) is 1.56. The van der Waals surface area contributed by atoms with Crippen molar-refractivity contribution in [2.45, 2.75) is 32.2 Å². The van der Waals surface area contributed by atoms with Crippen molar-refractivity contribution in [1.29, 1.82) is 0 Å². The molecule has 0 radical (unpaired) electrons. The van der Waals surface area contributed by atoms with Crippen LogP contribution in [0.25, 0.3) is 0 Å². The molecular formula is C21H23N5O3. The number of rotatable bonds is 5. The Balaban J connectivity index is 1.31. The summed E-state index contributed by atoms with van der Waals surface area (Å²) in [5.74, 6) is -0.166. The fourth-order valence-corrected chi connectivity index (χ4v) is 3.85. The summed E-state index contributed by atoms with van der Waals surface area (Å²) in [5.41, 5.74) is 1.75. The quantitative estimate of drug-likeness (QED) is 0.775. The average Bonchev–Trinajstić information content (AvgIpc) is 2.97. The van der Waals surface area contributed by atoms with E-state index in [1.165, 1.54) is 0 Å². The Morgan fingerprint density at radius 2 is 1.93 bits per heavy atom. The summed E-state index contributed by atoms with van der Waals surface area (Å²) in [6, 6.07) is 6.97. The number of aryl methyl sites for hydroxylation is 1. The zero-order chi connectivity index (χ0) is 20.4. The van der Waals surface area contributed by atoms with E-state index >= 15 is 0 Å². The lowest BCUT2D eigenvalue weighted by Crippen LogP contribution is -2.48. The molecular weight excluding hydrogens is 370 g/mol. The van der Waals surface area contributed by atoms with Gasteiger partial charge in [0.05, 0.1) is 11.1 Å². The van der Waals surface area contributed by atoms with Crippen LogP contribution in [0.5, 0.6) is 0 Å². The van der Waals surface area contributed by atoms with Gasteiger partial charge >= 0.3 is 0 Å². The van der Waals surface area contributed by atoms with Gasteiger partial charge < -0.3 is 10.2 Å². The second-order valence-corrected chi connectivity index (χ2v) is 7.46. The molecule has 1 aromatic carbocycles. The van der Waals surface area contributed by atoms with Crippen molar-refractivity contribution in [3.63, 3.8) is 0 Å². The van der Waals surface area contributed by atoms with Crippen molar-refractivity contribution >= 4 is 23.7 Å². The van der Waals surface area contributed by atoms with Gasteiger partial charge in [0.1, 0.15) is 0 Å². The van der Waals surface area contributed by atoms with Crippen LogP contribution in [0, 0.1) is 6.92 Å². The van der Waals surface area contributed by atoms with Gasteiger partial charge in [0.15, 0.2) is 0 Å². The maximum Gasteiger partial charge on any atom is 0.261 e. The molecule has 1 fully saturated rings. The largest absolute Gasteiger partial charge is 0.352 e. The van der Waals surface area contributed by atoms with Crippen molar-refractivity contribution in [3.05, 3.63) is 53.3 Å². The van der Waals surface area contributed by atoms with Gasteiger partial charge in [0.25, 0.3) is 11.8 Å². The summed E-state index contributed by atoms with van der Waals surface area (Å²) < 4.78 is 0. The summed E-state index contributed by atoms with van der Waals surface area (Å²) in [4.78, 5) is 49.2. The summed E-state index contributed by atoms with van der Waals surface area (Å²) in [6.07, 6.45) is 5.30. The first-order valence-electron chi connectivity index (χ1n) is 9.81. The Bertz CT molecular complexity index is 947. The summed E-state index contributed by atoms with van der Waals surface area (Å²) in [7, 11) is 0. The molecule has 0 bridgehead atoms. The standard InChI is InChI=1S/C21H23N5O3/c1-14-5-6-16-17(12-14)20(29)26(19(16)28)11-7-18(27)24-15-4-2-10-25(13-15)21-22-8-3-9-23-21/h3,5-6,8-9,12,15H,2,4,7,10-11,13H2,1H3,(H,24,27). The molecule has 1 saturated heterocycles. The predicted molar refractivity (Wildman–Crippen MR) is 107 cm³/mol. The summed E-state index contributed by atoms with van der Waals surface area (Å²) in [5, 5.41) is 3.02. The number of aromatic nitrogens is 2. The van der Waals surface area contributed by atoms with E-state index in [1.54, 1.807) is 30.6 Å². The van der Waals surface area contributed by atoms with E-state index in [0.717, 1.165) is 29.8 Å². The van der Waals surface area contributed by atoms with Crippen LogP contribution in [-0.4, -0.2) is 58.3 Å². The minimum atomic E-state index is -0.331. The molecule has 3 amide bonds. The number of fused-ring (bicyclic) bond motifs is 1. The minimum Gasteiger partial charge on any atom is -0.352 e. The van der Waals surface area contributed by atoms with Gasteiger partial charge in [-0.2, -0.15) is 0 Å². The number of hydrogen-bond donors (Lipinski definition) is 1. The Hall–Kier alpha value is -3.29. The normalized spacial score (nSPS) is 18.7. The lowest BCUT2D eigenvalue weighted by molar-refractivity contribution is -0.121. The highest BCUT2D eigenvalue weighted by Gasteiger charge is 2.35. The molecule has 2 aromatic rings. The lowest BCUT2D eigenvalue weighted by Gasteiger charge is -2.33. The fourth-order valence-electron chi connectivity index (χ4n) is 3.85. The zero-order valence-corrected chi connectivity index (χ0v) is 16.3. The van der Waals surface area contributed by atoms with Gasteiger partial charge in [-0.15, -0.1) is 0 Å². The smallest absolute Gasteiger partial charge is 0.261 e. The number of amides is 3. The first-order chi connectivity index (χ1) is 14.0. The maximum absolute atomic E-state index is 12.5. The molecule has 3 heterocycles. The van der Waals surface area contributed by atoms with Crippen LogP contribution in [0.1, 0.15) is 45.5 Å². The summed E-state index contributed by atoms with van der Waals surface area (Å²) >= 11 is 0.